The van der Waals surface area contributed by atoms with Crippen molar-refractivity contribution < 1.29 is 179 Å². The molecule has 36 heteroatoms. The third kappa shape index (κ3) is 12.9. The highest BCUT2D eigenvalue weighted by atomic mass is 16.8. The zero-order valence-corrected chi connectivity index (χ0v) is 40.8. The van der Waals surface area contributed by atoms with E-state index in [-0.39, 0.29) is 0 Å². The van der Waals surface area contributed by atoms with Crippen molar-refractivity contribution in [2.24, 2.45) is 0 Å². The normalized spacial score (nSPS) is 53.5. The molecule has 7 fully saturated rings. The lowest BCUT2D eigenvalue weighted by molar-refractivity contribution is -0.398. The number of rotatable bonds is 19. The van der Waals surface area contributed by atoms with Crippen LogP contribution in [0.1, 0.15) is 0 Å². The second kappa shape index (κ2) is 27.5. The minimum Gasteiger partial charge on any atom is -0.394 e. The first-order chi connectivity index (χ1) is 37.0. The third-order valence-electron chi connectivity index (χ3n) is 14.5. The zero-order chi connectivity index (χ0) is 57.3. The van der Waals surface area contributed by atoms with E-state index >= 15 is 0 Å². The van der Waals surface area contributed by atoms with Crippen LogP contribution in [-0.4, -0.2) is 379 Å². The number of aliphatic hydroxyl groups excluding tert-OH is 23. The highest BCUT2D eigenvalue weighted by Gasteiger charge is 2.58. The van der Waals surface area contributed by atoms with Gasteiger partial charge in [0.15, 0.2) is 44.0 Å². The van der Waals surface area contributed by atoms with Gasteiger partial charge in [0.2, 0.25) is 0 Å². The summed E-state index contributed by atoms with van der Waals surface area (Å²) in [6.45, 7) is -6.86. The molecule has 78 heavy (non-hydrogen) atoms. The van der Waals surface area contributed by atoms with Gasteiger partial charge in [-0.05, 0) is 0 Å². The van der Waals surface area contributed by atoms with Crippen LogP contribution >= 0.6 is 0 Å². The summed E-state index contributed by atoms with van der Waals surface area (Å²) in [5.41, 5.74) is 0. The molecule has 0 amide bonds. The first kappa shape index (κ1) is 64.1. The fourth-order valence-corrected chi connectivity index (χ4v) is 10.0. The molecule has 7 saturated heterocycles. The summed E-state index contributed by atoms with van der Waals surface area (Å²) in [6.07, 6.45) is -67.4. The van der Waals surface area contributed by atoms with E-state index in [2.05, 4.69) is 0 Å². The number of hydrogen-bond acceptors (Lipinski definition) is 36. The van der Waals surface area contributed by atoms with Crippen molar-refractivity contribution in [1.82, 2.24) is 0 Å². The number of ether oxygens (including phenoxy) is 13. The first-order valence-corrected chi connectivity index (χ1v) is 24.7. The quantitative estimate of drug-likeness (QED) is 0.0571. The third-order valence-corrected chi connectivity index (χ3v) is 14.5. The smallest absolute Gasteiger partial charge is 0.187 e. The molecule has 0 aromatic heterocycles. The Hall–Kier alpha value is -1.44. The Morgan fingerprint density at radius 1 is 0.192 bits per heavy atom. The maximum atomic E-state index is 11.3. The summed E-state index contributed by atoms with van der Waals surface area (Å²) in [4.78, 5) is 0. The topological polar surface area (TPSA) is 585 Å². The molecule has 0 radical (unpaired) electrons. The predicted octanol–water partition coefficient (Wildman–Crippen LogP) is -16.3. The standard InChI is InChI=1S/C42H72O36/c43-1-8-15(50)16(51)24(59)37(67-8)74-31-10(3-45)69-39(26(61)18(31)53)76-33-12(5-47)71-41(28(63)20(33)55)78-35-14(7-49)72-42(29(64)22(35)57)77-34-13(6-48)70-40(27(62)21(34)56)75-32-11(4-46)68-38(25(60)19(32)54)73-30-9(2-44)66-36(65)23(58)17(30)52/h8-65H,1-7H2/t8?,9?,10?,11?,12?,13?,14?,15-,16+,17-,18-,19-,20-,21-,22-,23?,24?,25?,26?,27?,28?,29?,30-,31-,32-,33-,34-,35-,36?,37-,38-,39-,40-,41-,42-/m1/s1. The SMILES string of the molecule is OCC1O[C@H](O[C@@H]2C(CO)O[C@H](O[C@@H]3C(CO)O[C@H](O[C@@H]4C(CO)O[C@H](O[C@@H]5C(CO)O[C@H](O[C@@H]6C(CO)O[C@H](O[C@@H]7C(CO)OC(O)C(O)[C@H]7O)C(O)[C@H]6O)C(O)[C@H]5O)C(O)[C@H]4O)C(O)[C@H]3O)C(O)[C@H]2O)C(O)[C@@H](O)[C@@H]1O. The van der Waals surface area contributed by atoms with E-state index in [1.807, 2.05) is 0 Å². The molecule has 23 N–H and O–H groups in total. The Morgan fingerprint density at radius 2 is 0.372 bits per heavy atom. The van der Waals surface area contributed by atoms with Gasteiger partial charge < -0.3 is 179 Å². The monoisotopic (exact) mass is 1150 g/mol. The molecule has 15 unspecified atom stereocenters. The zero-order valence-electron chi connectivity index (χ0n) is 40.8. The number of aliphatic hydroxyl groups is 23. The van der Waals surface area contributed by atoms with Crippen LogP contribution in [0.15, 0.2) is 0 Å². The molecule has 0 aromatic carbocycles. The van der Waals surface area contributed by atoms with Crippen molar-refractivity contribution in [3.05, 3.63) is 0 Å². The van der Waals surface area contributed by atoms with E-state index in [0.717, 1.165) is 0 Å². The lowest BCUT2D eigenvalue weighted by atomic mass is 9.95. The molecule has 7 heterocycles. The highest BCUT2D eigenvalue weighted by Crippen LogP contribution is 2.37. The molecular weight excluding hydrogens is 1080 g/mol. The van der Waals surface area contributed by atoms with E-state index in [1.165, 1.54) is 0 Å². The largest absolute Gasteiger partial charge is 0.394 e. The van der Waals surface area contributed by atoms with Gasteiger partial charge in [0.1, 0.15) is 171 Å². The van der Waals surface area contributed by atoms with Gasteiger partial charge in [-0.25, -0.2) is 0 Å². The Kier molecular flexibility index (Phi) is 22.6. The van der Waals surface area contributed by atoms with Gasteiger partial charge >= 0.3 is 0 Å². The van der Waals surface area contributed by atoms with Crippen LogP contribution in [0.5, 0.6) is 0 Å². The van der Waals surface area contributed by atoms with Crippen molar-refractivity contribution in [3.63, 3.8) is 0 Å². The van der Waals surface area contributed by atoms with Crippen molar-refractivity contribution >= 4 is 0 Å². The van der Waals surface area contributed by atoms with Gasteiger partial charge in [-0.3, -0.25) is 0 Å². The van der Waals surface area contributed by atoms with E-state index < -0.39 is 261 Å². The summed E-state index contributed by atoms with van der Waals surface area (Å²) in [5, 5.41) is 243. The van der Waals surface area contributed by atoms with Crippen LogP contribution in [0.25, 0.3) is 0 Å². The van der Waals surface area contributed by atoms with Crippen LogP contribution in [0, 0.1) is 0 Å². The van der Waals surface area contributed by atoms with Crippen LogP contribution < -0.4 is 0 Å². The molecule has 0 bridgehead atoms. The fraction of sp³-hybridized carbons (Fsp3) is 1.00. The molecule has 0 saturated carbocycles. The van der Waals surface area contributed by atoms with Crippen molar-refractivity contribution in [1.29, 1.82) is 0 Å². The summed E-state index contributed by atoms with van der Waals surface area (Å²) < 4.78 is 71.9. The van der Waals surface area contributed by atoms with E-state index in [9.17, 15) is 117 Å². The number of hydrogen-bond donors (Lipinski definition) is 23. The average molecular weight is 1150 g/mol. The lowest BCUT2D eigenvalue weighted by Gasteiger charge is -2.50. The Morgan fingerprint density at radius 3 is 0.590 bits per heavy atom. The molecule has 7 aliphatic heterocycles. The molecule has 0 spiro atoms. The average Bonchev–Trinajstić information content (AvgIpc) is 3.44. The van der Waals surface area contributed by atoms with Gasteiger partial charge in [0, 0.05) is 0 Å². The lowest BCUT2D eigenvalue weighted by Crippen LogP contribution is -2.68. The van der Waals surface area contributed by atoms with Gasteiger partial charge in [-0.15, -0.1) is 0 Å². The molecule has 35 atom stereocenters. The van der Waals surface area contributed by atoms with Crippen LogP contribution in [0.2, 0.25) is 0 Å². The molecule has 0 aromatic rings. The van der Waals surface area contributed by atoms with Crippen LogP contribution in [-0.2, 0) is 61.6 Å². The summed E-state index contributed by atoms with van der Waals surface area (Å²) >= 11 is 0. The molecule has 7 rings (SSSR count). The van der Waals surface area contributed by atoms with E-state index in [0.29, 0.717) is 0 Å². The predicted molar refractivity (Wildman–Crippen MR) is 232 cm³/mol. The maximum absolute atomic E-state index is 11.3. The van der Waals surface area contributed by atoms with Crippen molar-refractivity contribution in [2.45, 2.75) is 215 Å². The molecular formula is C42H72O36. The summed E-state index contributed by atoms with van der Waals surface area (Å²) in [7, 11) is 0. The molecule has 0 aliphatic carbocycles. The highest BCUT2D eigenvalue weighted by molar-refractivity contribution is 5.01. The Labute approximate surface area is 439 Å². The second-order valence-corrected chi connectivity index (χ2v) is 19.6. The Bertz CT molecular complexity index is 1810. The summed E-state index contributed by atoms with van der Waals surface area (Å²) in [5.74, 6) is 0. The van der Waals surface area contributed by atoms with Gasteiger partial charge in [-0.2, -0.15) is 0 Å². The van der Waals surface area contributed by atoms with Crippen LogP contribution in [0.4, 0.5) is 0 Å². The van der Waals surface area contributed by atoms with Crippen LogP contribution in [0.3, 0.4) is 0 Å². The first-order valence-electron chi connectivity index (χ1n) is 24.7. The molecule has 36 nitrogen and oxygen atoms in total. The van der Waals surface area contributed by atoms with Gasteiger partial charge in [-0.1, -0.05) is 0 Å². The van der Waals surface area contributed by atoms with E-state index in [4.69, 9.17) is 61.6 Å². The second-order valence-electron chi connectivity index (χ2n) is 19.6. The minimum absolute atomic E-state index is 0.843. The van der Waals surface area contributed by atoms with E-state index in [1.54, 1.807) is 0 Å². The maximum Gasteiger partial charge on any atom is 0.187 e. The fourth-order valence-electron chi connectivity index (χ4n) is 10.0. The minimum atomic E-state index is -2.23. The van der Waals surface area contributed by atoms with Gasteiger partial charge in [0.25, 0.3) is 0 Å². The Balaban J connectivity index is 0.947. The molecule has 7 aliphatic rings. The van der Waals surface area contributed by atoms with Gasteiger partial charge in [0.05, 0.1) is 46.2 Å². The molecule has 456 valence electrons. The van der Waals surface area contributed by atoms with Crippen molar-refractivity contribution in [3.8, 4) is 0 Å². The van der Waals surface area contributed by atoms with Crippen molar-refractivity contribution in [2.75, 3.05) is 46.2 Å². The summed E-state index contributed by atoms with van der Waals surface area (Å²) in [6, 6.07) is 0.